The van der Waals surface area contributed by atoms with Gasteiger partial charge in [0.1, 0.15) is 0 Å². The number of amides is 1. The first-order valence-corrected chi connectivity index (χ1v) is 6.34. The molecule has 2 aliphatic carbocycles. The lowest BCUT2D eigenvalue weighted by atomic mass is 10.2. The summed E-state index contributed by atoms with van der Waals surface area (Å²) in [5, 5.41) is 6.30. The second-order valence-electron chi connectivity index (χ2n) is 4.94. The van der Waals surface area contributed by atoms with Gasteiger partial charge in [-0.05, 0) is 25.2 Å². The summed E-state index contributed by atoms with van der Waals surface area (Å²) in [5.41, 5.74) is 0. The maximum absolute atomic E-state index is 11.4. The van der Waals surface area contributed by atoms with Crippen LogP contribution in [-0.2, 0) is 4.79 Å². The summed E-state index contributed by atoms with van der Waals surface area (Å²) in [5.74, 6) is 1.08. The van der Waals surface area contributed by atoms with Crippen LogP contribution in [0.2, 0.25) is 0 Å². The maximum atomic E-state index is 11.4. The van der Waals surface area contributed by atoms with Crippen LogP contribution < -0.4 is 10.6 Å². The molecule has 0 atom stereocenters. The van der Waals surface area contributed by atoms with Crippen LogP contribution >= 0.6 is 0 Å². The molecule has 0 aromatic rings. The quantitative estimate of drug-likeness (QED) is 0.696. The SMILES string of the molecule is O=C(CNC1CCCC1)NCCC1CC1. The molecule has 0 aromatic heterocycles. The smallest absolute Gasteiger partial charge is 0.233 e. The Bertz CT molecular complexity index is 208. The van der Waals surface area contributed by atoms with Crippen LogP contribution in [0.25, 0.3) is 0 Å². The summed E-state index contributed by atoms with van der Waals surface area (Å²) < 4.78 is 0. The van der Waals surface area contributed by atoms with Gasteiger partial charge >= 0.3 is 0 Å². The second-order valence-corrected chi connectivity index (χ2v) is 4.94. The fraction of sp³-hybridized carbons (Fsp3) is 0.917. The van der Waals surface area contributed by atoms with E-state index in [0.29, 0.717) is 12.6 Å². The Morgan fingerprint density at radius 2 is 1.87 bits per heavy atom. The highest BCUT2D eigenvalue weighted by atomic mass is 16.1. The topological polar surface area (TPSA) is 41.1 Å². The molecule has 3 nitrogen and oxygen atoms in total. The summed E-state index contributed by atoms with van der Waals surface area (Å²) in [6.07, 6.45) is 9.05. The van der Waals surface area contributed by atoms with Crippen molar-refractivity contribution in [2.45, 2.75) is 51.0 Å². The van der Waals surface area contributed by atoms with Crippen molar-refractivity contribution in [2.75, 3.05) is 13.1 Å². The van der Waals surface area contributed by atoms with Gasteiger partial charge < -0.3 is 10.6 Å². The first-order chi connectivity index (χ1) is 7.34. The molecule has 0 radical (unpaired) electrons. The van der Waals surface area contributed by atoms with Gasteiger partial charge in [0, 0.05) is 12.6 Å². The minimum atomic E-state index is 0.169. The standard InChI is InChI=1S/C12H22N2O/c15-12(13-8-7-10-5-6-10)9-14-11-3-1-2-4-11/h10-11,14H,1-9H2,(H,13,15). The molecule has 0 aromatic carbocycles. The highest BCUT2D eigenvalue weighted by Crippen LogP contribution is 2.31. The zero-order chi connectivity index (χ0) is 10.5. The molecule has 0 spiro atoms. The molecular formula is C12H22N2O. The summed E-state index contributed by atoms with van der Waals surface area (Å²) in [6.45, 7) is 1.38. The number of nitrogens with one attached hydrogen (secondary N) is 2. The van der Waals surface area contributed by atoms with Crippen molar-refractivity contribution in [3.63, 3.8) is 0 Å². The van der Waals surface area contributed by atoms with Crippen molar-refractivity contribution in [3.05, 3.63) is 0 Å². The van der Waals surface area contributed by atoms with Gasteiger partial charge in [-0.25, -0.2) is 0 Å². The number of hydrogen-bond donors (Lipinski definition) is 2. The van der Waals surface area contributed by atoms with E-state index in [1.54, 1.807) is 0 Å². The third kappa shape index (κ3) is 4.20. The lowest BCUT2D eigenvalue weighted by Gasteiger charge is -2.11. The van der Waals surface area contributed by atoms with Crippen LogP contribution in [0, 0.1) is 5.92 Å². The van der Waals surface area contributed by atoms with E-state index in [1.807, 2.05) is 0 Å². The Morgan fingerprint density at radius 3 is 2.53 bits per heavy atom. The Morgan fingerprint density at radius 1 is 1.13 bits per heavy atom. The minimum Gasteiger partial charge on any atom is -0.355 e. The molecular weight excluding hydrogens is 188 g/mol. The Labute approximate surface area is 92.0 Å². The molecule has 2 fully saturated rings. The number of rotatable bonds is 6. The van der Waals surface area contributed by atoms with Crippen molar-refractivity contribution in [1.82, 2.24) is 10.6 Å². The first-order valence-electron chi connectivity index (χ1n) is 6.34. The van der Waals surface area contributed by atoms with Crippen molar-refractivity contribution in [1.29, 1.82) is 0 Å². The van der Waals surface area contributed by atoms with Crippen LogP contribution in [0.15, 0.2) is 0 Å². The molecule has 2 saturated carbocycles. The summed E-state index contributed by atoms with van der Waals surface area (Å²) in [7, 11) is 0. The van der Waals surface area contributed by atoms with E-state index in [1.165, 1.54) is 44.9 Å². The van der Waals surface area contributed by atoms with E-state index in [0.717, 1.165) is 12.5 Å². The number of carbonyl (C=O) groups is 1. The van der Waals surface area contributed by atoms with Gasteiger partial charge in [-0.15, -0.1) is 0 Å². The van der Waals surface area contributed by atoms with Gasteiger partial charge in [-0.2, -0.15) is 0 Å². The Hall–Kier alpha value is -0.570. The summed E-state index contributed by atoms with van der Waals surface area (Å²) >= 11 is 0. The molecule has 2 aliphatic rings. The number of carbonyl (C=O) groups excluding carboxylic acids is 1. The van der Waals surface area contributed by atoms with Gasteiger partial charge in [0.05, 0.1) is 6.54 Å². The van der Waals surface area contributed by atoms with Crippen molar-refractivity contribution in [3.8, 4) is 0 Å². The lowest BCUT2D eigenvalue weighted by Crippen LogP contribution is -2.38. The molecule has 86 valence electrons. The van der Waals surface area contributed by atoms with Gasteiger partial charge in [-0.1, -0.05) is 25.7 Å². The molecule has 3 heteroatoms. The summed E-state index contributed by atoms with van der Waals surface area (Å²) in [6, 6.07) is 0.596. The first kappa shape index (κ1) is 10.9. The maximum Gasteiger partial charge on any atom is 0.233 e. The Kier molecular flexibility index (Phi) is 4.01. The van der Waals surface area contributed by atoms with E-state index >= 15 is 0 Å². The van der Waals surface area contributed by atoms with Gasteiger partial charge in [0.15, 0.2) is 0 Å². The van der Waals surface area contributed by atoms with Crippen LogP contribution in [-0.4, -0.2) is 25.0 Å². The molecule has 0 bridgehead atoms. The third-order valence-corrected chi connectivity index (χ3v) is 3.48. The monoisotopic (exact) mass is 210 g/mol. The zero-order valence-electron chi connectivity index (χ0n) is 9.43. The lowest BCUT2D eigenvalue weighted by molar-refractivity contribution is -0.120. The van der Waals surface area contributed by atoms with E-state index in [9.17, 15) is 4.79 Å². The van der Waals surface area contributed by atoms with Crippen LogP contribution in [0.4, 0.5) is 0 Å². The van der Waals surface area contributed by atoms with E-state index in [-0.39, 0.29) is 5.91 Å². The van der Waals surface area contributed by atoms with Crippen LogP contribution in [0.5, 0.6) is 0 Å². The van der Waals surface area contributed by atoms with E-state index < -0.39 is 0 Å². The van der Waals surface area contributed by atoms with Crippen molar-refractivity contribution < 1.29 is 4.79 Å². The highest BCUT2D eigenvalue weighted by molar-refractivity contribution is 5.77. The zero-order valence-corrected chi connectivity index (χ0v) is 9.43. The molecule has 0 heterocycles. The fourth-order valence-corrected chi connectivity index (χ4v) is 2.25. The normalized spacial score (nSPS) is 21.9. The van der Waals surface area contributed by atoms with Gasteiger partial charge in [0.2, 0.25) is 5.91 Å². The molecule has 0 aliphatic heterocycles. The average Bonchev–Trinajstić information content (AvgIpc) is 2.91. The molecule has 1 amide bonds. The van der Waals surface area contributed by atoms with E-state index in [4.69, 9.17) is 0 Å². The molecule has 15 heavy (non-hydrogen) atoms. The average molecular weight is 210 g/mol. The predicted molar refractivity (Wildman–Crippen MR) is 60.6 cm³/mol. The van der Waals surface area contributed by atoms with Gasteiger partial charge in [-0.3, -0.25) is 4.79 Å². The fourth-order valence-electron chi connectivity index (χ4n) is 2.25. The molecule has 0 unspecified atom stereocenters. The molecule has 2 N–H and O–H groups in total. The van der Waals surface area contributed by atoms with Gasteiger partial charge in [0.25, 0.3) is 0 Å². The summed E-state index contributed by atoms with van der Waals surface area (Å²) in [4.78, 5) is 11.4. The van der Waals surface area contributed by atoms with E-state index in [2.05, 4.69) is 10.6 Å². The van der Waals surface area contributed by atoms with Crippen LogP contribution in [0.3, 0.4) is 0 Å². The highest BCUT2D eigenvalue weighted by Gasteiger charge is 2.20. The third-order valence-electron chi connectivity index (χ3n) is 3.48. The molecule has 2 rings (SSSR count). The minimum absolute atomic E-state index is 0.169. The predicted octanol–water partition coefficient (Wildman–Crippen LogP) is 1.43. The number of hydrogen-bond acceptors (Lipinski definition) is 2. The molecule has 0 saturated heterocycles. The van der Waals surface area contributed by atoms with Crippen LogP contribution in [0.1, 0.15) is 44.9 Å². The second kappa shape index (κ2) is 5.50. The Balaban J connectivity index is 1.47. The van der Waals surface area contributed by atoms with Crippen molar-refractivity contribution in [2.24, 2.45) is 5.92 Å². The van der Waals surface area contributed by atoms with Crippen molar-refractivity contribution >= 4 is 5.91 Å². The largest absolute Gasteiger partial charge is 0.355 e.